The maximum atomic E-state index is 14.0. The SMILES string of the molecule is COC(=O)C1=C(CN2CCN3C(=O)N(c4ccc(/C=C/C(=O)O)cc4)C[C@@H]3C2)NC(c2nccs2)=N[C@H]1c1ccc(F)cc1Cl. The fourth-order valence-corrected chi connectivity index (χ4v) is 6.61. The molecule has 0 aliphatic carbocycles. The molecule has 0 unspecified atom stereocenters. The molecule has 6 rings (SSSR count). The number of piperazine rings is 1. The fourth-order valence-electron chi connectivity index (χ4n) is 5.76. The molecule has 4 heterocycles. The molecule has 3 aromatic rings. The minimum atomic E-state index is -1.03. The molecule has 14 heteroatoms. The van der Waals surface area contributed by atoms with Crippen molar-refractivity contribution in [2.45, 2.75) is 12.1 Å². The molecule has 2 aromatic carbocycles. The Morgan fingerprint density at radius 2 is 2.00 bits per heavy atom. The van der Waals surface area contributed by atoms with Crippen LogP contribution < -0.4 is 10.2 Å². The first-order chi connectivity index (χ1) is 21.7. The predicted octanol–water partition coefficient (Wildman–Crippen LogP) is 4.18. The molecular formula is C31H28ClFN6O5S. The number of anilines is 1. The summed E-state index contributed by atoms with van der Waals surface area (Å²) >= 11 is 7.85. The van der Waals surface area contributed by atoms with Gasteiger partial charge in [0.15, 0.2) is 10.8 Å². The molecule has 2 atom stereocenters. The number of hydrogen-bond donors (Lipinski definition) is 2. The lowest BCUT2D eigenvalue weighted by Gasteiger charge is -2.38. The largest absolute Gasteiger partial charge is 0.478 e. The number of carbonyl (C=O) groups excluding carboxylic acids is 2. The summed E-state index contributed by atoms with van der Waals surface area (Å²) in [6.07, 6.45) is 4.22. The van der Waals surface area contributed by atoms with Gasteiger partial charge in [-0.1, -0.05) is 29.8 Å². The molecule has 0 spiro atoms. The first-order valence-corrected chi connectivity index (χ1v) is 15.3. The van der Waals surface area contributed by atoms with E-state index < -0.39 is 23.8 Å². The van der Waals surface area contributed by atoms with Crippen molar-refractivity contribution in [1.82, 2.24) is 20.1 Å². The van der Waals surface area contributed by atoms with Gasteiger partial charge in [-0.3, -0.25) is 14.8 Å². The van der Waals surface area contributed by atoms with Gasteiger partial charge in [0.2, 0.25) is 0 Å². The number of amides is 2. The van der Waals surface area contributed by atoms with Gasteiger partial charge in [0.05, 0.1) is 18.7 Å². The van der Waals surface area contributed by atoms with Crippen LogP contribution >= 0.6 is 22.9 Å². The van der Waals surface area contributed by atoms with Crippen LogP contribution in [0, 0.1) is 5.82 Å². The predicted molar refractivity (Wildman–Crippen MR) is 168 cm³/mol. The van der Waals surface area contributed by atoms with E-state index in [1.807, 2.05) is 10.3 Å². The van der Waals surface area contributed by atoms with Crippen LogP contribution in [0.15, 0.2) is 76.4 Å². The zero-order valence-electron chi connectivity index (χ0n) is 24.0. The Labute approximate surface area is 266 Å². The number of halogens is 2. The number of methoxy groups -OCH3 is 1. The molecule has 2 N–H and O–H groups in total. The molecular weight excluding hydrogens is 623 g/mol. The number of thiazole rings is 1. The molecule has 45 heavy (non-hydrogen) atoms. The second-order valence-corrected chi connectivity index (χ2v) is 11.9. The van der Waals surface area contributed by atoms with Crippen LogP contribution in [0.4, 0.5) is 14.9 Å². The molecule has 3 aliphatic rings. The van der Waals surface area contributed by atoms with E-state index in [1.165, 1.54) is 42.7 Å². The van der Waals surface area contributed by atoms with Gasteiger partial charge in [0.25, 0.3) is 0 Å². The second-order valence-electron chi connectivity index (χ2n) is 10.6. The summed E-state index contributed by atoms with van der Waals surface area (Å²) in [4.78, 5) is 52.3. The number of amidine groups is 1. The maximum Gasteiger partial charge on any atom is 0.338 e. The Kier molecular flexibility index (Phi) is 8.65. The van der Waals surface area contributed by atoms with Crippen LogP contribution in [0.25, 0.3) is 6.08 Å². The van der Waals surface area contributed by atoms with E-state index >= 15 is 0 Å². The van der Waals surface area contributed by atoms with Crippen LogP contribution in [0.1, 0.15) is 22.2 Å². The standard InChI is InChI=1S/C31H28ClFN6O5S/c1-44-30(42)26-24(35-28(29-34-10-13-45-29)36-27(26)22-8-5-19(33)14-23(22)32)17-37-11-12-38-21(15-37)16-39(31(38)43)20-6-2-18(3-7-20)4-9-25(40)41/h2-10,13-14,21,27H,11-12,15-17H2,1H3,(H,35,36)(H,40,41)/b9-4+/t21-,27-/m0/s1. The molecule has 0 saturated carbocycles. The molecule has 2 amide bonds. The summed E-state index contributed by atoms with van der Waals surface area (Å²) in [5.74, 6) is -1.67. The van der Waals surface area contributed by atoms with Gasteiger partial charge in [-0.05, 0) is 35.9 Å². The van der Waals surface area contributed by atoms with Crippen molar-refractivity contribution in [2.24, 2.45) is 4.99 Å². The normalized spacial score (nSPS) is 20.3. The van der Waals surface area contributed by atoms with Gasteiger partial charge in [-0.15, -0.1) is 11.3 Å². The Bertz CT molecular complexity index is 1730. The molecule has 2 fully saturated rings. The number of carboxylic acid groups (broad SMARTS) is 1. The number of carbonyl (C=O) groups is 3. The number of aliphatic carboxylic acids is 1. The van der Waals surface area contributed by atoms with E-state index in [0.29, 0.717) is 60.4 Å². The number of fused-ring (bicyclic) bond motifs is 1. The molecule has 1 aromatic heterocycles. The van der Waals surface area contributed by atoms with Crippen molar-refractivity contribution in [3.8, 4) is 0 Å². The zero-order chi connectivity index (χ0) is 31.7. The molecule has 11 nitrogen and oxygen atoms in total. The van der Waals surface area contributed by atoms with E-state index in [-0.39, 0.29) is 22.7 Å². The summed E-state index contributed by atoms with van der Waals surface area (Å²) in [5.41, 5.74) is 2.72. The summed E-state index contributed by atoms with van der Waals surface area (Å²) in [6, 6.07) is 10.1. The van der Waals surface area contributed by atoms with Crippen LogP contribution in [-0.4, -0.2) is 89.6 Å². The lowest BCUT2D eigenvalue weighted by atomic mass is 9.95. The number of hydrogen-bond acceptors (Lipinski definition) is 9. The third-order valence-corrected chi connectivity index (χ3v) is 8.97. The summed E-state index contributed by atoms with van der Waals surface area (Å²) in [7, 11) is 1.29. The van der Waals surface area contributed by atoms with Gasteiger partial charge in [0.1, 0.15) is 11.9 Å². The van der Waals surface area contributed by atoms with Gasteiger partial charge in [0, 0.05) is 72.3 Å². The summed E-state index contributed by atoms with van der Waals surface area (Å²) < 4.78 is 19.1. The van der Waals surface area contributed by atoms with Crippen LogP contribution in [0.5, 0.6) is 0 Å². The average Bonchev–Trinajstić information content (AvgIpc) is 3.68. The monoisotopic (exact) mass is 650 g/mol. The van der Waals surface area contributed by atoms with E-state index in [2.05, 4.69) is 15.2 Å². The molecule has 0 bridgehead atoms. The quantitative estimate of drug-likeness (QED) is 0.275. The Morgan fingerprint density at radius 3 is 2.69 bits per heavy atom. The Morgan fingerprint density at radius 1 is 1.20 bits per heavy atom. The average molecular weight is 651 g/mol. The van der Waals surface area contributed by atoms with Crippen LogP contribution in [0.3, 0.4) is 0 Å². The Balaban J connectivity index is 1.25. The third-order valence-electron chi connectivity index (χ3n) is 7.86. The first kappa shape index (κ1) is 30.4. The molecule has 3 aliphatic heterocycles. The van der Waals surface area contributed by atoms with Crippen molar-refractivity contribution in [3.63, 3.8) is 0 Å². The van der Waals surface area contributed by atoms with Gasteiger partial charge < -0.3 is 20.1 Å². The Hall–Kier alpha value is -4.59. The second kappa shape index (κ2) is 12.8. The number of rotatable bonds is 8. The number of esters is 1. The van der Waals surface area contributed by atoms with E-state index in [1.54, 1.807) is 35.4 Å². The van der Waals surface area contributed by atoms with Crippen molar-refractivity contribution in [1.29, 1.82) is 0 Å². The maximum absolute atomic E-state index is 14.0. The van der Waals surface area contributed by atoms with Crippen molar-refractivity contribution in [3.05, 3.63) is 98.4 Å². The highest BCUT2D eigenvalue weighted by Gasteiger charge is 2.42. The van der Waals surface area contributed by atoms with E-state index in [9.17, 15) is 18.8 Å². The van der Waals surface area contributed by atoms with E-state index in [4.69, 9.17) is 26.4 Å². The van der Waals surface area contributed by atoms with Crippen LogP contribution in [0.2, 0.25) is 5.02 Å². The molecule has 232 valence electrons. The molecule has 2 saturated heterocycles. The number of aromatic nitrogens is 1. The van der Waals surface area contributed by atoms with Crippen molar-refractivity contribution in [2.75, 3.05) is 44.7 Å². The number of nitrogens with zero attached hydrogens (tertiary/aromatic N) is 5. The van der Waals surface area contributed by atoms with Gasteiger partial charge in [-0.25, -0.2) is 23.8 Å². The lowest BCUT2D eigenvalue weighted by Crippen LogP contribution is -2.53. The number of ether oxygens (including phenoxy) is 1. The fraction of sp³-hybridized carbons (Fsp3) is 0.258. The summed E-state index contributed by atoms with van der Waals surface area (Å²) in [6.45, 7) is 2.39. The number of benzene rings is 2. The number of carboxylic acids is 1. The van der Waals surface area contributed by atoms with Gasteiger partial charge >= 0.3 is 18.0 Å². The minimum Gasteiger partial charge on any atom is -0.478 e. The number of aliphatic imine (C=N–C) groups is 1. The van der Waals surface area contributed by atoms with Gasteiger partial charge in [-0.2, -0.15) is 0 Å². The van der Waals surface area contributed by atoms with Crippen molar-refractivity contribution < 1.29 is 28.6 Å². The molecule has 0 radical (unpaired) electrons. The topological polar surface area (TPSA) is 128 Å². The smallest absolute Gasteiger partial charge is 0.338 e. The van der Waals surface area contributed by atoms with Crippen LogP contribution in [-0.2, 0) is 14.3 Å². The lowest BCUT2D eigenvalue weighted by molar-refractivity contribution is -0.136. The zero-order valence-corrected chi connectivity index (χ0v) is 25.6. The highest BCUT2D eigenvalue weighted by atomic mass is 35.5. The minimum absolute atomic E-state index is 0.0945. The highest BCUT2D eigenvalue weighted by molar-refractivity contribution is 7.11. The van der Waals surface area contributed by atoms with Crippen molar-refractivity contribution >= 4 is 58.5 Å². The number of urea groups is 1. The highest BCUT2D eigenvalue weighted by Crippen LogP contribution is 2.37. The van der Waals surface area contributed by atoms with E-state index in [0.717, 1.165) is 11.8 Å². The first-order valence-electron chi connectivity index (χ1n) is 14.0. The summed E-state index contributed by atoms with van der Waals surface area (Å²) in [5, 5.41) is 14.8. The number of nitrogens with one attached hydrogen (secondary N) is 1. The third kappa shape index (κ3) is 6.32.